The van der Waals surface area contributed by atoms with Gasteiger partial charge in [0.05, 0.1) is 6.61 Å². The first-order chi connectivity index (χ1) is 9.40. The van der Waals surface area contributed by atoms with Crippen LogP contribution in [0, 0.1) is 0 Å². The fourth-order valence-corrected chi connectivity index (χ4v) is 2.37. The zero-order valence-corrected chi connectivity index (χ0v) is 12.0. The molecule has 0 saturated heterocycles. The summed E-state index contributed by atoms with van der Waals surface area (Å²) in [5.74, 6) is 0.984. The fourth-order valence-electron chi connectivity index (χ4n) is 2.37. The summed E-state index contributed by atoms with van der Waals surface area (Å²) in [7, 11) is 0. The smallest absolute Gasteiger partial charge is 0.120 e. The maximum Gasteiger partial charge on any atom is 0.120 e. The molecule has 1 aromatic heterocycles. The predicted molar refractivity (Wildman–Crippen MR) is 81.8 cm³/mol. The summed E-state index contributed by atoms with van der Waals surface area (Å²) in [5.41, 5.74) is 1.17. The second kappa shape index (κ2) is 7.88. The molecule has 0 saturated carbocycles. The number of unbranched alkanes of at least 4 members (excludes halogenated alkanes) is 6. The molecular formula is C17H25NO. The van der Waals surface area contributed by atoms with Crippen molar-refractivity contribution in [1.82, 2.24) is 4.98 Å². The van der Waals surface area contributed by atoms with E-state index in [-0.39, 0.29) is 0 Å². The third-order valence-electron chi connectivity index (χ3n) is 3.54. The maximum absolute atomic E-state index is 5.80. The van der Waals surface area contributed by atoms with Crippen LogP contribution in [0.2, 0.25) is 0 Å². The lowest BCUT2D eigenvalue weighted by Gasteiger charge is -2.06. The Labute approximate surface area is 116 Å². The molecule has 0 aliphatic carbocycles. The van der Waals surface area contributed by atoms with Gasteiger partial charge in [0.2, 0.25) is 0 Å². The quantitative estimate of drug-likeness (QED) is 0.607. The standard InChI is InChI=1S/C17H25NO/c1-2-3-4-5-6-7-8-13-19-16-9-10-17-15(14-16)11-12-18-17/h9-12,14,18H,2-8,13H2,1H3. The van der Waals surface area contributed by atoms with Crippen LogP contribution in [0.15, 0.2) is 30.5 Å². The van der Waals surface area contributed by atoms with Gasteiger partial charge >= 0.3 is 0 Å². The molecule has 2 rings (SSSR count). The summed E-state index contributed by atoms with van der Waals surface area (Å²) in [6.07, 6.45) is 11.2. The Kier molecular flexibility index (Phi) is 5.80. The third-order valence-corrected chi connectivity index (χ3v) is 3.54. The van der Waals surface area contributed by atoms with Gasteiger partial charge in [-0.15, -0.1) is 0 Å². The van der Waals surface area contributed by atoms with E-state index in [2.05, 4.69) is 30.1 Å². The molecule has 1 heterocycles. The first-order valence-corrected chi connectivity index (χ1v) is 7.60. The van der Waals surface area contributed by atoms with E-state index in [4.69, 9.17) is 4.74 Å². The number of hydrogen-bond donors (Lipinski definition) is 1. The van der Waals surface area contributed by atoms with Crippen LogP contribution in [-0.4, -0.2) is 11.6 Å². The van der Waals surface area contributed by atoms with Gasteiger partial charge in [-0.2, -0.15) is 0 Å². The molecule has 2 nitrogen and oxygen atoms in total. The molecule has 0 fully saturated rings. The molecule has 0 spiro atoms. The Hall–Kier alpha value is -1.44. The largest absolute Gasteiger partial charge is 0.494 e. The summed E-state index contributed by atoms with van der Waals surface area (Å²) >= 11 is 0. The highest BCUT2D eigenvalue weighted by atomic mass is 16.5. The van der Waals surface area contributed by atoms with Crippen LogP contribution in [0.25, 0.3) is 10.9 Å². The van der Waals surface area contributed by atoms with E-state index in [0.29, 0.717) is 0 Å². The Morgan fingerprint density at radius 1 is 0.947 bits per heavy atom. The van der Waals surface area contributed by atoms with E-state index in [9.17, 15) is 0 Å². The van der Waals surface area contributed by atoms with Crippen molar-refractivity contribution in [3.05, 3.63) is 30.5 Å². The minimum absolute atomic E-state index is 0.837. The van der Waals surface area contributed by atoms with Crippen molar-refractivity contribution >= 4 is 10.9 Å². The summed E-state index contributed by atoms with van der Waals surface area (Å²) in [4.78, 5) is 3.19. The molecule has 0 amide bonds. The number of ether oxygens (including phenoxy) is 1. The number of rotatable bonds is 9. The van der Waals surface area contributed by atoms with Crippen LogP contribution in [-0.2, 0) is 0 Å². The maximum atomic E-state index is 5.80. The number of aromatic amines is 1. The predicted octanol–water partition coefficient (Wildman–Crippen LogP) is 5.30. The Balaban J connectivity index is 1.60. The number of aromatic nitrogens is 1. The molecule has 0 aliphatic rings. The van der Waals surface area contributed by atoms with E-state index in [0.717, 1.165) is 18.8 Å². The number of benzene rings is 1. The average molecular weight is 259 g/mol. The zero-order valence-electron chi connectivity index (χ0n) is 12.0. The van der Waals surface area contributed by atoms with Gasteiger partial charge in [0.1, 0.15) is 5.75 Å². The molecule has 1 N–H and O–H groups in total. The van der Waals surface area contributed by atoms with Gasteiger partial charge in [-0.25, -0.2) is 0 Å². The first-order valence-electron chi connectivity index (χ1n) is 7.60. The molecule has 2 aromatic rings. The second-order valence-electron chi connectivity index (χ2n) is 5.20. The van der Waals surface area contributed by atoms with Crippen LogP contribution in [0.3, 0.4) is 0 Å². The molecular weight excluding hydrogens is 234 g/mol. The van der Waals surface area contributed by atoms with Crippen molar-refractivity contribution < 1.29 is 4.74 Å². The fraction of sp³-hybridized carbons (Fsp3) is 0.529. The number of H-pyrrole nitrogens is 1. The second-order valence-corrected chi connectivity index (χ2v) is 5.20. The molecule has 19 heavy (non-hydrogen) atoms. The summed E-state index contributed by atoms with van der Waals surface area (Å²) in [6.45, 7) is 3.10. The van der Waals surface area contributed by atoms with Crippen molar-refractivity contribution in [2.24, 2.45) is 0 Å². The summed E-state index contributed by atoms with van der Waals surface area (Å²) < 4.78 is 5.80. The Bertz CT molecular complexity index is 475. The number of nitrogens with one attached hydrogen (secondary N) is 1. The molecule has 0 aliphatic heterocycles. The minimum Gasteiger partial charge on any atom is -0.494 e. The highest BCUT2D eigenvalue weighted by molar-refractivity contribution is 5.80. The van der Waals surface area contributed by atoms with Gasteiger partial charge in [0, 0.05) is 17.1 Å². The van der Waals surface area contributed by atoms with Crippen LogP contribution in [0.4, 0.5) is 0 Å². The van der Waals surface area contributed by atoms with Crippen molar-refractivity contribution in [2.45, 2.75) is 51.9 Å². The van der Waals surface area contributed by atoms with Gasteiger partial charge < -0.3 is 9.72 Å². The minimum atomic E-state index is 0.837. The lowest BCUT2D eigenvalue weighted by molar-refractivity contribution is 0.304. The van der Waals surface area contributed by atoms with Gasteiger partial charge in [-0.05, 0) is 30.7 Å². The monoisotopic (exact) mass is 259 g/mol. The van der Waals surface area contributed by atoms with Crippen molar-refractivity contribution in [3.8, 4) is 5.75 Å². The lowest BCUT2D eigenvalue weighted by Crippen LogP contribution is -1.97. The van der Waals surface area contributed by atoms with E-state index in [1.165, 1.54) is 49.4 Å². The molecule has 1 aromatic carbocycles. The van der Waals surface area contributed by atoms with E-state index in [1.807, 2.05) is 12.3 Å². The van der Waals surface area contributed by atoms with Crippen LogP contribution in [0.1, 0.15) is 51.9 Å². The highest BCUT2D eigenvalue weighted by Gasteiger charge is 1.98. The van der Waals surface area contributed by atoms with E-state index in [1.54, 1.807) is 0 Å². The summed E-state index contributed by atoms with van der Waals surface area (Å²) in [6, 6.07) is 8.30. The normalized spacial score (nSPS) is 11.0. The highest BCUT2D eigenvalue weighted by Crippen LogP contribution is 2.20. The Morgan fingerprint density at radius 3 is 2.58 bits per heavy atom. The van der Waals surface area contributed by atoms with Gasteiger partial charge in [0.15, 0.2) is 0 Å². The van der Waals surface area contributed by atoms with Crippen molar-refractivity contribution in [2.75, 3.05) is 6.61 Å². The Morgan fingerprint density at radius 2 is 1.74 bits per heavy atom. The van der Waals surface area contributed by atoms with Crippen molar-refractivity contribution in [1.29, 1.82) is 0 Å². The number of hydrogen-bond acceptors (Lipinski definition) is 1. The SMILES string of the molecule is CCCCCCCCCOc1ccc2[nH]ccc2c1. The van der Waals surface area contributed by atoms with Gasteiger partial charge in [-0.3, -0.25) is 0 Å². The van der Waals surface area contributed by atoms with Crippen LogP contribution < -0.4 is 4.74 Å². The van der Waals surface area contributed by atoms with Gasteiger partial charge in [0.25, 0.3) is 0 Å². The topological polar surface area (TPSA) is 25.0 Å². The van der Waals surface area contributed by atoms with Crippen LogP contribution >= 0.6 is 0 Å². The molecule has 0 unspecified atom stereocenters. The lowest BCUT2D eigenvalue weighted by atomic mass is 10.1. The molecule has 2 heteroatoms. The number of fused-ring (bicyclic) bond motifs is 1. The summed E-state index contributed by atoms with van der Waals surface area (Å²) in [5, 5.41) is 1.22. The molecule has 0 atom stereocenters. The molecule has 104 valence electrons. The van der Waals surface area contributed by atoms with E-state index >= 15 is 0 Å². The zero-order chi connectivity index (χ0) is 13.3. The average Bonchev–Trinajstić information content (AvgIpc) is 2.89. The van der Waals surface area contributed by atoms with Crippen LogP contribution in [0.5, 0.6) is 5.75 Å². The third kappa shape index (κ3) is 4.62. The molecule has 0 bridgehead atoms. The van der Waals surface area contributed by atoms with Gasteiger partial charge in [-0.1, -0.05) is 45.4 Å². The molecule has 0 radical (unpaired) electrons. The first kappa shape index (κ1) is 14.0. The van der Waals surface area contributed by atoms with E-state index < -0.39 is 0 Å². The van der Waals surface area contributed by atoms with Crippen molar-refractivity contribution in [3.63, 3.8) is 0 Å².